The minimum atomic E-state index is -0.0221. The van der Waals surface area contributed by atoms with Crippen molar-refractivity contribution in [3.8, 4) is 17.2 Å². The van der Waals surface area contributed by atoms with E-state index in [2.05, 4.69) is 5.32 Å². The molecule has 1 heterocycles. The van der Waals surface area contributed by atoms with Crippen LogP contribution in [0.4, 0.5) is 0 Å². The normalized spacial score (nSPS) is 16.5. The molecule has 0 aromatic heterocycles. The summed E-state index contributed by atoms with van der Waals surface area (Å²) in [7, 11) is 5.07. The van der Waals surface area contributed by atoms with Crippen molar-refractivity contribution in [2.24, 2.45) is 0 Å². The van der Waals surface area contributed by atoms with Gasteiger partial charge in [-0.25, -0.2) is 0 Å². The van der Waals surface area contributed by atoms with Crippen LogP contribution in [-0.4, -0.2) is 51.2 Å². The zero-order valence-corrected chi connectivity index (χ0v) is 16.7. The van der Waals surface area contributed by atoms with Gasteiger partial charge < -0.3 is 24.4 Å². The maximum absolute atomic E-state index is 13.0. The lowest BCUT2D eigenvalue weighted by Gasteiger charge is -2.32. The molecule has 1 amide bonds. The predicted octanol–water partition coefficient (Wildman–Crippen LogP) is 3.11. The maximum atomic E-state index is 13.0. The van der Waals surface area contributed by atoms with Gasteiger partial charge in [0, 0.05) is 24.7 Å². The van der Waals surface area contributed by atoms with Crippen LogP contribution in [0, 0.1) is 0 Å². The second kappa shape index (κ2) is 9.46. The van der Waals surface area contributed by atoms with E-state index in [0.29, 0.717) is 42.0 Å². The average Bonchev–Trinajstić information content (AvgIpc) is 2.77. The van der Waals surface area contributed by atoms with E-state index >= 15 is 0 Å². The Morgan fingerprint density at radius 3 is 2.43 bits per heavy atom. The number of nitrogens with zero attached hydrogens (tertiary/aromatic N) is 1. The molecule has 1 aliphatic heterocycles. The van der Waals surface area contributed by atoms with E-state index in [1.165, 1.54) is 0 Å². The fourth-order valence-corrected chi connectivity index (χ4v) is 3.46. The quantitative estimate of drug-likeness (QED) is 0.795. The van der Waals surface area contributed by atoms with Crippen LogP contribution in [0.15, 0.2) is 42.5 Å². The van der Waals surface area contributed by atoms with Gasteiger partial charge in [-0.15, -0.1) is 0 Å². The lowest BCUT2D eigenvalue weighted by Crippen LogP contribution is -2.46. The smallest absolute Gasteiger partial charge is 0.254 e. The van der Waals surface area contributed by atoms with Gasteiger partial charge in [-0.2, -0.15) is 0 Å². The number of ether oxygens (including phenoxy) is 3. The summed E-state index contributed by atoms with van der Waals surface area (Å²) < 4.78 is 17.0. The van der Waals surface area contributed by atoms with Crippen LogP contribution >= 0.6 is 0 Å². The number of carbonyl (C=O) groups excluding carboxylic acids is 1. The highest BCUT2D eigenvalue weighted by atomic mass is 16.5. The van der Waals surface area contributed by atoms with Crippen molar-refractivity contribution < 1.29 is 19.0 Å². The maximum Gasteiger partial charge on any atom is 0.254 e. The molecule has 150 valence electrons. The highest BCUT2D eigenvalue weighted by molar-refractivity contribution is 5.95. The molecule has 6 heteroatoms. The molecule has 0 spiro atoms. The molecule has 1 saturated heterocycles. The number of piperidine rings is 1. The molecule has 1 atom stereocenters. The van der Waals surface area contributed by atoms with E-state index in [-0.39, 0.29) is 5.91 Å². The minimum absolute atomic E-state index is 0.0221. The van der Waals surface area contributed by atoms with Gasteiger partial charge in [-0.05, 0) is 37.6 Å². The molecule has 0 saturated carbocycles. The number of amides is 1. The molecular weight excluding hydrogens is 356 g/mol. The van der Waals surface area contributed by atoms with Crippen LogP contribution in [-0.2, 0) is 6.61 Å². The number of carbonyl (C=O) groups is 1. The zero-order chi connectivity index (χ0) is 19.9. The van der Waals surface area contributed by atoms with E-state index in [0.717, 1.165) is 24.9 Å². The van der Waals surface area contributed by atoms with Crippen molar-refractivity contribution in [2.75, 3.05) is 34.4 Å². The standard InChI is InChI=1S/C22H28N2O4/c1-23-18-10-7-11-24(14-18)22(25)17-12-19(26-2)21(20(13-17)27-3)28-15-16-8-5-4-6-9-16/h4-6,8-9,12-13,18,23H,7,10-11,14-15H2,1-3H3. The summed E-state index contributed by atoms with van der Waals surface area (Å²) in [6.07, 6.45) is 2.07. The lowest BCUT2D eigenvalue weighted by atomic mass is 10.0. The molecule has 28 heavy (non-hydrogen) atoms. The third-order valence-corrected chi connectivity index (χ3v) is 5.05. The fraction of sp³-hybridized carbons (Fsp3) is 0.409. The van der Waals surface area contributed by atoms with Gasteiger partial charge in [0.15, 0.2) is 11.5 Å². The van der Waals surface area contributed by atoms with E-state index in [9.17, 15) is 4.79 Å². The van der Waals surface area contributed by atoms with Crippen LogP contribution in [0.3, 0.4) is 0 Å². The Morgan fingerprint density at radius 1 is 1.14 bits per heavy atom. The highest BCUT2D eigenvalue weighted by Crippen LogP contribution is 2.39. The number of hydrogen-bond acceptors (Lipinski definition) is 5. The molecule has 1 fully saturated rings. The van der Waals surface area contributed by atoms with Gasteiger partial charge in [-0.3, -0.25) is 4.79 Å². The number of likely N-dealkylation sites (tertiary alicyclic amines) is 1. The Morgan fingerprint density at radius 2 is 1.82 bits per heavy atom. The van der Waals surface area contributed by atoms with Gasteiger partial charge in [0.25, 0.3) is 5.91 Å². The third-order valence-electron chi connectivity index (χ3n) is 5.05. The van der Waals surface area contributed by atoms with Gasteiger partial charge in [-0.1, -0.05) is 30.3 Å². The first kappa shape index (κ1) is 20.0. The SMILES string of the molecule is CNC1CCCN(C(=O)c2cc(OC)c(OCc3ccccc3)c(OC)c2)C1. The van der Waals surface area contributed by atoms with Crippen LogP contribution in [0.2, 0.25) is 0 Å². The molecular formula is C22H28N2O4. The molecule has 0 bridgehead atoms. The van der Waals surface area contributed by atoms with Gasteiger partial charge in [0.05, 0.1) is 14.2 Å². The second-order valence-electron chi connectivity index (χ2n) is 6.86. The third kappa shape index (κ3) is 4.57. The molecule has 0 radical (unpaired) electrons. The summed E-state index contributed by atoms with van der Waals surface area (Å²) in [6, 6.07) is 13.7. The summed E-state index contributed by atoms with van der Waals surface area (Å²) in [6.45, 7) is 1.84. The summed E-state index contributed by atoms with van der Waals surface area (Å²) in [4.78, 5) is 14.9. The largest absolute Gasteiger partial charge is 0.493 e. The van der Waals surface area contributed by atoms with Gasteiger partial charge >= 0.3 is 0 Å². The Bertz CT molecular complexity index is 769. The van der Waals surface area contributed by atoms with Crippen LogP contribution in [0.25, 0.3) is 0 Å². The monoisotopic (exact) mass is 384 g/mol. The van der Waals surface area contributed by atoms with Crippen molar-refractivity contribution in [3.63, 3.8) is 0 Å². The molecule has 2 aromatic carbocycles. The molecule has 3 rings (SSSR count). The average molecular weight is 384 g/mol. The Kier molecular flexibility index (Phi) is 6.76. The Hall–Kier alpha value is -2.73. The molecule has 1 N–H and O–H groups in total. The van der Waals surface area contributed by atoms with Crippen LogP contribution in [0.5, 0.6) is 17.2 Å². The minimum Gasteiger partial charge on any atom is -0.493 e. The Balaban J connectivity index is 1.82. The number of likely N-dealkylation sites (N-methyl/N-ethyl adjacent to an activating group) is 1. The van der Waals surface area contributed by atoms with Crippen molar-refractivity contribution in [1.29, 1.82) is 0 Å². The first-order valence-corrected chi connectivity index (χ1v) is 9.55. The van der Waals surface area contributed by atoms with Crippen molar-refractivity contribution in [2.45, 2.75) is 25.5 Å². The number of rotatable bonds is 7. The van der Waals surface area contributed by atoms with Crippen molar-refractivity contribution in [3.05, 3.63) is 53.6 Å². The summed E-state index contributed by atoms with van der Waals surface area (Å²) in [5.41, 5.74) is 1.58. The highest BCUT2D eigenvalue weighted by Gasteiger charge is 2.26. The van der Waals surface area contributed by atoms with Gasteiger partial charge in [0.1, 0.15) is 6.61 Å². The van der Waals surface area contributed by atoms with E-state index in [4.69, 9.17) is 14.2 Å². The first-order valence-electron chi connectivity index (χ1n) is 9.55. The van der Waals surface area contributed by atoms with E-state index in [1.54, 1.807) is 26.4 Å². The van der Waals surface area contributed by atoms with Crippen molar-refractivity contribution in [1.82, 2.24) is 10.2 Å². The molecule has 0 aliphatic carbocycles. The topological polar surface area (TPSA) is 60.0 Å². The summed E-state index contributed by atoms with van der Waals surface area (Å²) in [5.74, 6) is 1.45. The predicted molar refractivity (Wildman–Crippen MR) is 108 cm³/mol. The first-order chi connectivity index (χ1) is 13.7. The summed E-state index contributed by atoms with van der Waals surface area (Å²) in [5, 5.41) is 3.26. The number of benzene rings is 2. The molecule has 1 aliphatic rings. The Labute approximate surface area is 166 Å². The fourth-order valence-electron chi connectivity index (χ4n) is 3.46. The van der Waals surface area contributed by atoms with Crippen molar-refractivity contribution >= 4 is 5.91 Å². The van der Waals surface area contributed by atoms with E-state index in [1.807, 2.05) is 42.3 Å². The zero-order valence-electron chi connectivity index (χ0n) is 16.7. The molecule has 6 nitrogen and oxygen atoms in total. The lowest BCUT2D eigenvalue weighted by molar-refractivity contribution is 0.0697. The molecule has 2 aromatic rings. The summed E-state index contributed by atoms with van der Waals surface area (Å²) >= 11 is 0. The van der Waals surface area contributed by atoms with Gasteiger partial charge in [0.2, 0.25) is 5.75 Å². The van der Waals surface area contributed by atoms with Crippen LogP contribution < -0.4 is 19.5 Å². The molecule has 1 unspecified atom stereocenters. The number of hydrogen-bond donors (Lipinski definition) is 1. The number of methoxy groups -OCH3 is 2. The number of nitrogens with one attached hydrogen (secondary N) is 1. The van der Waals surface area contributed by atoms with Crippen LogP contribution in [0.1, 0.15) is 28.8 Å². The second-order valence-corrected chi connectivity index (χ2v) is 6.86. The van der Waals surface area contributed by atoms with E-state index < -0.39 is 0 Å².